The molecule has 0 amide bonds. The highest BCUT2D eigenvalue weighted by atomic mass is 32.2. The lowest BCUT2D eigenvalue weighted by atomic mass is 10.0. The molecule has 10 heteroatoms. The molecule has 0 aliphatic heterocycles. The molecule has 0 unspecified atom stereocenters. The van der Waals surface area contributed by atoms with Gasteiger partial charge in [0, 0.05) is 6.20 Å². The van der Waals surface area contributed by atoms with Crippen molar-refractivity contribution in [1.82, 2.24) is 4.98 Å². The Labute approximate surface area is 182 Å². The summed E-state index contributed by atoms with van der Waals surface area (Å²) < 4.78 is 60.9. The van der Waals surface area contributed by atoms with Crippen molar-refractivity contribution in [3.8, 4) is 0 Å². The van der Waals surface area contributed by atoms with Crippen molar-refractivity contribution in [3.05, 3.63) is 83.8 Å². The van der Waals surface area contributed by atoms with E-state index in [1.54, 1.807) is 31.3 Å². The Morgan fingerprint density at radius 3 is 1.97 bits per heavy atom. The van der Waals surface area contributed by atoms with Gasteiger partial charge in [-0.1, -0.05) is 38.1 Å². The Hall–Kier alpha value is -2.82. The molecule has 1 heterocycles. The van der Waals surface area contributed by atoms with Crippen LogP contribution in [0.1, 0.15) is 30.9 Å². The monoisotopic (exact) mass is 465 g/mol. The van der Waals surface area contributed by atoms with Gasteiger partial charge >= 0.3 is 0 Å². The van der Waals surface area contributed by atoms with Gasteiger partial charge in [0.15, 0.2) is 0 Å². The number of nitrogens with zero attached hydrogens (tertiary/aromatic N) is 1. The maximum Gasteiger partial charge on any atom is 0.263 e. The molecule has 0 fully saturated rings. The topological polar surface area (TPSA) is 119 Å². The van der Waals surface area contributed by atoms with E-state index < -0.39 is 25.9 Å². The fourth-order valence-corrected chi connectivity index (χ4v) is 4.05. The molecule has 0 aliphatic carbocycles. The Morgan fingerprint density at radius 1 is 0.935 bits per heavy atom. The highest BCUT2D eigenvalue weighted by Crippen LogP contribution is 2.21. The molecule has 0 saturated heterocycles. The van der Waals surface area contributed by atoms with E-state index in [0.717, 1.165) is 23.3 Å². The van der Waals surface area contributed by atoms with Gasteiger partial charge in [-0.25, -0.2) is 31.3 Å². The van der Waals surface area contributed by atoms with Crippen LogP contribution < -0.4 is 9.86 Å². The minimum Gasteiger partial charge on any atom is -0.263 e. The van der Waals surface area contributed by atoms with Gasteiger partial charge in [-0.3, -0.25) is 4.72 Å². The molecule has 0 atom stereocenters. The Bertz CT molecular complexity index is 1230. The number of sulfonamides is 2. The lowest BCUT2D eigenvalue weighted by Gasteiger charge is -2.12. The number of rotatable bonds is 5. The highest BCUT2D eigenvalue weighted by molar-refractivity contribution is 7.92. The summed E-state index contributed by atoms with van der Waals surface area (Å²) in [6, 6.07) is 14.4. The van der Waals surface area contributed by atoms with Crippen molar-refractivity contribution in [2.75, 3.05) is 4.72 Å². The SMILES string of the molecule is Cc1cc(C(C)C)cnc1NS(=O)(=O)c1ccc(F)cc1.NS(=O)(=O)c1ccccc1. The van der Waals surface area contributed by atoms with E-state index in [0.29, 0.717) is 5.92 Å². The summed E-state index contributed by atoms with van der Waals surface area (Å²) in [4.78, 5) is 4.31. The first-order chi connectivity index (χ1) is 14.4. The molecule has 1 aromatic heterocycles. The van der Waals surface area contributed by atoms with Crippen LogP contribution in [0.25, 0.3) is 0 Å². The summed E-state index contributed by atoms with van der Waals surface area (Å²) in [6.07, 6.45) is 1.65. The summed E-state index contributed by atoms with van der Waals surface area (Å²) in [5.41, 5.74) is 1.78. The van der Waals surface area contributed by atoms with Gasteiger partial charge in [-0.15, -0.1) is 0 Å². The van der Waals surface area contributed by atoms with Crippen molar-refractivity contribution in [3.63, 3.8) is 0 Å². The predicted molar refractivity (Wildman–Crippen MR) is 118 cm³/mol. The summed E-state index contributed by atoms with van der Waals surface area (Å²) in [5, 5.41) is 4.83. The molecule has 0 spiro atoms. The molecule has 0 bridgehead atoms. The minimum atomic E-state index is -3.76. The van der Waals surface area contributed by atoms with Gasteiger partial charge < -0.3 is 0 Å². The smallest absolute Gasteiger partial charge is 0.263 e. The average Bonchev–Trinajstić information content (AvgIpc) is 2.70. The third kappa shape index (κ3) is 7.12. The molecule has 166 valence electrons. The summed E-state index contributed by atoms with van der Waals surface area (Å²) in [5.74, 6) is 0.118. The molecular formula is C21H24FN3O4S2. The largest absolute Gasteiger partial charge is 0.263 e. The van der Waals surface area contributed by atoms with E-state index in [2.05, 4.69) is 9.71 Å². The molecule has 7 nitrogen and oxygen atoms in total. The van der Waals surface area contributed by atoms with E-state index >= 15 is 0 Å². The van der Waals surface area contributed by atoms with Crippen LogP contribution in [0.5, 0.6) is 0 Å². The lowest BCUT2D eigenvalue weighted by molar-refractivity contribution is 0.596. The van der Waals surface area contributed by atoms with Crippen LogP contribution in [0, 0.1) is 12.7 Å². The van der Waals surface area contributed by atoms with Crippen molar-refractivity contribution in [2.45, 2.75) is 36.5 Å². The van der Waals surface area contributed by atoms with Crippen molar-refractivity contribution in [2.24, 2.45) is 5.14 Å². The van der Waals surface area contributed by atoms with Gasteiger partial charge in [0.05, 0.1) is 9.79 Å². The van der Waals surface area contributed by atoms with Crippen LogP contribution in [0.3, 0.4) is 0 Å². The Balaban J connectivity index is 0.000000285. The van der Waals surface area contributed by atoms with Crippen LogP contribution in [-0.2, 0) is 20.0 Å². The molecular weight excluding hydrogens is 441 g/mol. The molecule has 0 saturated carbocycles. The molecule has 0 aliphatic rings. The zero-order valence-electron chi connectivity index (χ0n) is 17.3. The number of aromatic nitrogens is 1. The average molecular weight is 466 g/mol. The van der Waals surface area contributed by atoms with Crippen LogP contribution in [0.2, 0.25) is 0 Å². The van der Waals surface area contributed by atoms with E-state index in [9.17, 15) is 21.2 Å². The molecule has 3 N–H and O–H groups in total. The lowest BCUT2D eigenvalue weighted by Crippen LogP contribution is -2.15. The van der Waals surface area contributed by atoms with Crippen LogP contribution >= 0.6 is 0 Å². The van der Waals surface area contributed by atoms with Gasteiger partial charge in [0.25, 0.3) is 10.0 Å². The normalized spacial score (nSPS) is 11.5. The van der Waals surface area contributed by atoms with E-state index in [-0.39, 0.29) is 15.6 Å². The van der Waals surface area contributed by atoms with Crippen molar-refractivity contribution in [1.29, 1.82) is 0 Å². The molecule has 2 aromatic carbocycles. The maximum atomic E-state index is 12.9. The zero-order chi connectivity index (χ0) is 23.2. The van der Waals surface area contributed by atoms with Crippen molar-refractivity contribution >= 4 is 25.9 Å². The number of hydrogen-bond donors (Lipinski definition) is 2. The van der Waals surface area contributed by atoms with E-state index in [4.69, 9.17) is 5.14 Å². The second-order valence-electron chi connectivity index (χ2n) is 7.01. The third-order valence-corrected chi connectivity index (χ3v) is 6.48. The first kappa shape index (κ1) is 24.4. The second-order valence-corrected chi connectivity index (χ2v) is 10.3. The maximum absolute atomic E-state index is 12.9. The standard InChI is InChI=1S/C15H17FN2O2S.C6H7NO2S/c1-10(2)12-8-11(3)15(17-9-12)18-21(19,20)14-6-4-13(16)5-7-14;7-10(8,9)6-4-2-1-3-5-6/h4-10H,1-3H3,(H,17,18);1-5H,(H2,7,8,9). The molecule has 3 rings (SSSR count). The van der Waals surface area contributed by atoms with Crippen molar-refractivity contribution < 1.29 is 21.2 Å². The molecule has 31 heavy (non-hydrogen) atoms. The summed E-state index contributed by atoms with van der Waals surface area (Å²) in [6.45, 7) is 5.87. The fourth-order valence-electron chi connectivity index (χ4n) is 2.43. The van der Waals surface area contributed by atoms with Gasteiger partial charge in [0.2, 0.25) is 10.0 Å². The molecule has 3 aromatic rings. The van der Waals surface area contributed by atoms with Gasteiger partial charge in [0.1, 0.15) is 11.6 Å². The third-order valence-electron chi connectivity index (χ3n) is 4.19. The van der Waals surface area contributed by atoms with E-state index in [1.807, 2.05) is 19.9 Å². The number of hydrogen-bond acceptors (Lipinski definition) is 5. The quantitative estimate of drug-likeness (QED) is 0.594. The summed E-state index contributed by atoms with van der Waals surface area (Å²) in [7, 11) is -7.27. The Kier molecular flexibility index (Phi) is 7.88. The van der Waals surface area contributed by atoms with Gasteiger partial charge in [-0.05, 0) is 60.4 Å². The molecule has 0 radical (unpaired) electrons. The zero-order valence-corrected chi connectivity index (χ0v) is 18.9. The fraction of sp³-hybridized carbons (Fsp3) is 0.190. The number of halogens is 1. The Morgan fingerprint density at radius 2 is 1.52 bits per heavy atom. The first-order valence-corrected chi connectivity index (χ1v) is 12.3. The highest BCUT2D eigenvalue weighted by Gasteiger charge is 2.16. The van der Waals surface area contributed by atoms with Crippen LogP contribution in [-0.4, -0.2) is 21.8 Å². The second kappa shape index (κ2) is 9.99. The summed E-state index contributed by atoms with van der Waals surface area (Å²) >= 11 is 0. The minimum absolute atomic E-state index is 0.00182. The number of nitrogens with one attached hydrogen (secondary N) is 1. The van der Waals surface area contributed by atoms with Crippen LogP contribution in [0.4, 0.5) is 10.2 Å². The number of pyridine rings is 1. The number of aryl methyl sites for hydroxylation is 1. The number of benzene rings is 2. The predicted octanol–water partition coefficient (Wildman–Crippen LogP) is 3.79. The van der Waals surface area contributed by atoms with E-state index in [1.165, 1.54) is 24.3 Å². The number of anilines is 1. The first-order valence-electron chi connectivity index (χ1n) is 9.23. The van der Waals surface area contributed by atoms with Crippen LogP contribution in [0.15, 0.2) is 76.7 Å². The number of primary sulfonamides is 1. The number of nitrogens with two attached hydrogens (primary N) is 1. The van der Waals surface area contributed by atoms with Gasteiger partial charge in [-0.2, -0.15) is 0 Å².